The third kappa shape index (κ3) is 4.02. The maximum Gasteiger partial charge on any atom is 0.0313 e. The highest BCUT2D eigenvalue weighted by Crippen LogP contribution is 2.28. The highest BCUT2D eigenvalue weighted by atomic mass is 15.1. The highest BCUT2D eigenvalue weighted by molar-refractivity contribution is 5.16. The SMILES string of the molecule is Cc1cncc(CN2CCC(NCC3CC3)CC2)c1. The first kappa shape index (κ1) is 13.1. The maximum atomic E-state index is 4.28. The number of aromatic nitrogens is 1. The minimum atomic E-state index is 0.757. The van der Waals surface area contributed by atoms with Gasteiger partial charge in [-0.25, -0.2) is 0 Å². The lowest BCUT2D eigenvalue weighted by molar-refractivity contribution is 0.190. The van der Waals surface area contributed by atoms with Gasteiger partial charge in [-0.1, -0.05) is 6.07 Å². The molecule has 2 fully saturated rings. The predicted molar refractivity (Wildman–Crippen MR) is 78.0 cm³/mol. The van der Waals surface area contributed by atoms with Crippen LogP contribution in [-0.4, -0.2) is 35.6 Å². The van der Waals surface area contributed by atoms with Crippen LogP contribution in [0.3, 0.4) is 0 Å². The monoisotopic (exact) mass is 259 g/mol. The van der Waals surface area contributed by atoms with E-state index in [0.29, 0.717) is 0 Å². The molecule has 19 heavy (non-hydrogen) atoms. The van der Waals surface area contributed by atoms with Gasteiger partial charge in [0.15, 0.2) is 0 Å². The van der Waals surface area contributed by atoms with Crippen LogP contribution in [-0.2, 0) is 6.54 Å². The second-order valence-electron chi connectivity index (χ2n) is 6.27. The van der Waals surface area contributed by atoms with Crippen molar-refractivity contribution in [2.45, 2.75) is 45.2 Å². The molecule has 1 aliphatic heterocycles. The van der Waals surface area contributed by atoms with E-state index in [4.69, 9.17) is 0 Å². The van der Waals surface area contributed by atoms with Crippen LogP contribution in [0.5, 0.6) is 0 Å². The summed E-state index contributed by atoms with van der Waals surface area (Å²) in [5.41, 5.74) is 2.61. The second-order valence-corrected chi connectivity index (χ2v) is 6.27. The molecule has 3 nitrogen and oxygen atoms in total. The van der Waals surface area contributed by atoms with Gasteiger partial charge >= 0.3 is 0 Å². The van der Waals surface area contributed by atoms with Gasteiger partial charge in [-0.05, 0) is 69.3 Å². The molecule has 0 spiro atoms. The number of hydrogen-bond donors (Lipinski definition) is 1. The minimum Gasteiger partial charge on any atom is -0.314 e. The molecule has 0 radical (unpaired) electrons. The van der Waals surface area contributed by atoms with Crippen LogP contribution in [0, 0.1) is 12.8 Å². The summed E-state index contributed by atoms with van der Waals surface area (Å²) in [6.45, 7) is 6.87. The number of aryl methyl sites for hydroxylation is 1. The second kappa shape index (κ2) is 6.02. The van der Waals surface area contributed by atoms with Gasteiger partial charge in [0, 0.05) is 25.0 Å². The summed E-state index contributed by atoms with van der Waals surface area (Å²) in [5.74, 6) is 0.997. The predicted octanol–water partition coefficient (Wildman–Crippen LogP) is 2.35. The van der Waals surface area contributed by atoms with Crippen molar-refractivity contribution in [3.63, 3.8) is 0 Å². The molecule has 3 heteroatoms. The molecular weight excluding hydrogens is 234 g/mol. The van der Waals surface area contributed by atoms with Crippen molar-refractivity contribution in [1.82, 2.24) is 15.2 Å². The topological polar surface area (TPSA) is 28.2 Å². The van der Waals surface area contributed by atoms with E-state index in [1.165, 1.54) is 56.4 Å². The number of rotatable bonds is 5. The lowest BCUT2D eigenvalue weighted by atomic mass is 10.0. The zero-order valence-electron chi connectivity index (χ0n) is 11.9. The van der Waals surface area contributed by atoms with Crippen molar-refractivity contribution >= 4 is 0 Å². The number of piperidine rings is 1. The fourth-order valence-corrected chi connectivity index (χ4v) is 2.91. The Morgan fingerprint density at radius 2 is 2.00 bits per heavy atom. The van der Waals surface area contributed by atoms with E-state index in [9.17, 15) is 0 Å². The van der Waals surface area contributed by atoms with E-state index >= 15 is 0 Å². The molecule has 2 aliphatic rings. The molecule has 1 saturated carbocycles. The van der Waals surface area contributed by atoms with Crippen molar-refractivity contribution in [3.8, 4) is 0 Å². The van der Waals surface area contributed by atoms with Crippen LogP contribution in [0.25, 0.3) is 0 Å². The Labute approximate surface area is 116 Å². The van der Waals surface area contributed by atoms with Crippen LogP contribution in [0.2, 0.25) is 0 Å². The quantitative estimate of drug-likeness (QED) is 0.880. The standard InChI is InChI=1S/C16H25N3/c1-13-8-15(10-17-9-13)12-19-6-4-16(5-7-19)18-11-14-2-3-14/h8-10,14,16,18H,2-7,11-12H2,1H3. The van der Waals surface area contributed by atoms with Crippen LogP contribution < -0.4 is 5.32 Å². The Kier molecular flexibility index (Phi) is 4.14. The van der Waals surface area contributed by atoms with E-state index in [1.807, 2.05) is 12.4 Å². The number of pyridine rings is 1. The zero-order valence-corrected chi connectivity index (χ0v) is 11.9. The summed E-state index contributed by atoms with van der Waals surface area (Å²) in [4.78, 5) is 6.84. The summed E-state index contributed by atoms with van der Waals surface area (Å²) in [6.07, 6.45) is 9.43. The highest BCUT2D eigenvalue weighted by Gasteiger charge is 2.24. The fraction of sp³-hybridized carbons (Fsp3) is 0.688. The van der Waals surface area contributed by atoms with Crippen molar-refractivity contribution in [2.24, 2.45) is 5.92 Å². The maximum absolute atomic E-state index is 4.28. The van der Waals surface area contributed by atoms with Crippen LogP contribution in [0.15, 0.2) is 18.5 Å². The van der Waals surface area contributed by atoms with Gasteiger partial charge in [0.2, 0.25) is 0 Å². The van der Waals surface area contributed by atoms with Crippen molar-refractivity contribution < 1.29 is 0 Å². The molecule has 0 amide bonds. The first-order chi connectivity index (χ1) is 9.29. The largest absolute Gasteiger partial charge is 0.314 e. The number of nitrogens with one attached hydrogen (secondary N) is 1. The Bertz CT molecular complexity index is 406. The summed E-state index contributed by atoms with van der Waals surface area (Å²) in [5, 5.41) is 3.74. The Morgan fingerprint density at radius 1 is 1.21 bits per heavy atom. The van der Waals surface area contributed by atoms with E-state index in [0.717, 1.165) is 18.5 Å². The molecule has 1 N–H and O–H groups in total. The number of nitrogens with zero attached hydrogens (tertiary/aromatic N) is 2. The summed E-state index contributed by atoms with van der Waals surface area (Å²) in [6, 6.07) is 3.01. The van der Waals surface area contributed by atoms with E-state index < -0.39 is 0 Å². The van der Waals surface area contributed by atoms with Gasteiger partial charge in [0.05, 0.1) is 0 Å². The zero-order chi connectivity index (χ0) is 13.1. The normalized spacial score (nSPS) is 21.7. The Morgan fingerprint density at radius 3 is 2.68 bits per heavy atom. The van der Waals surface area contributed by atoms with E-state index in [2.05, 4.69) is 28.2 Å². The van der Waals surface area contributed by atoms with Crippen LogP contribution in [0.1, 0.15) is 36.8 Å². The molecule has 0 aromatic carbocycles. The van der Waals surface area contributed by atoms with Gasteiger partial charge in [-0.15, -0.1) is 0 Å². The fourth-order valence-electron chi connectivity index (χ4n) is 2.91. The van der Waals surface area contributed by atoms with E-state index in [1.54, 1.807) is 0 Å². The molecular formula is C16H25N3. The average molecular weight is 259 g/mol. The molecule has 1 aliphatic carbocycles. The number of likely N-dealkylation sites (tertiary alicyclic amines) is 1. The lowest BCUT2D eigenvalue weighted by Crippen LogP contribution is -2.42. The van der Waals surface area contributed by atoms with Crippen LogP contribution in [0.4, 0.5) is 0 Å². The van der Waals surface area contributed by atoms with Crippen molar-refractivity contribution in [1.29, 1.82) is 0 Å². The molecule has 1 aromatic heterocycles. The van der Waals surface area contributed by atoms with Gasteiger partial charge in [0.1, 0.15) is 0 Å². The third-order valence-corrected chi connectivity index (χ3v) is 4.32. The lowest BCUT2D eigenvalue weighted by Gasteiger charge is -2.32. The minimum absolute atomic E-state index is 0.757. The molecule has 3 rings (SSSR count). The first-order valence-electron chi connectivity index (χ1n) is 7.66. The van der Waals surface area contributed by atoms with Crippen LogP contribution >= 0.6 is 0 Å². The summed E-state index contributed by atoms with van der Waals surface area (Å²) in [7, 11) is 0. The average Bonchev–Trinajstić information content (AvgIpc) is 3.22. The van der Waals surface area contributed by atoms with Gasteiger partial charge in [-0.2, -0.15) is 0 Å². The Balaban J connectivity index is 1.42. The smallest absolute Gasteiger partial charge is 0.0313 e. The molecule has 0 atom stereocenters. The molecule has 1 saturated heterocycles. The van der Waals surface area contributed by atoms with Gasteiger partial charge < -0.3 is 5.32 Å². The van der Waals surface area contributed by atoms with Gasteiger partial charge in [0.25, 0.3) is 0 Å². The first-order valence-corrected chi connectivity index (χ1v) is 7.66. The molecule has 0 unspecified atom stereocenters. The molecule has 1 aromatic rings. The summed E-state index contributed by atoms with van der Waals surface area (Å²) < 4.78 is 0. The molecule has 104 valence electrons. The number of hydrogen-bond acceptors (Lipinski definition) is 3. The van der Waals surface area contributed by atoms with Gasteiger partial charge in [-0.3, -0.25) is 9.88 Å². The molecule has 0 bridgehead atoms. The van der Waals surface area contributed by atoms with Crippen molar-refractivity contribution in [2.75, 3.05) is 19.6 Å². The van der Waals surface area contributed by atoms with E-state index in [-0.39, 0.29) is 0 Å². The third-order valence-electron chi connectivity index (χ3n) is 4.32. The summed E-state index contributed by atoms with van der Waals surface area (Å²) >= 11 is 0. The Hall–Kier alpha value is -0.930. The van der Waals surface area contributed by atoms with Crippen molar-refractivity contribution in [3.05, 3.63) is 29.6 Å². The molecule has 2 heterocycles.